The molecular weight excluding hydrogens is 412 g/mol. The molecule has 0 aliphatic heterocycles. The predicted molar refractivity (Wildman–Crippen MR) is 109 cm³/mol. The second kappa shape index (κ2) is 9.71. The number of fused-ring (bicyclic) bond motifs is 1. The number of hydrogen-bond donors (Lipinski definition) is 1. The minimum atomic E-state index is -1.04. The molecule has 0 unspecified atom stereocenters. The van der Waals surface area contributed by atoms with Crippen molar-refractivity contribution in [3.8, 4) is 6.01 Å². The van der Waals surface area contributed by atoms with Crippen LogP contribution in [0.2, 0.25) is 0 Å². The van der Waals surface area contributed by atoms with Crippen molar-refractivity contribution in [1.29, 1.82) is 0 Å². The zero-order valence-corrected chi connectivity index (χ0v) is 17.4. The summed E-state index contributed by atoms with van der Waals surface area (Å²) in [6.45, 7) is 2.31. The quantitative estimate of drug-likeness (QED) is 0.459. The van der Waals surface area contributed by atoms with Gasteiger partial charge in [-0.3, -0.25) is 13.9 Å². The lowest BCUT2D eigenvalue weighted by atomic mass is 10.2. The molecule has 1 aromatic carbocycles. The molecule has 0 fully saturated rings. The maximum Gasteiger partial charge on any atom is 0.336 e. The van der Waals surface area contributed by atoms with Gasteiger partial charge < -0.3 is 15.0 Å². The molecule has 0 atom stereocenters. The van der Waals surface area contributed by atoms with Crippen LogP contribution in [0.3, 0.4) is 0 Å². The van der Waals surface area contributed by atoms with E-state index in [0.717, 1.165) is 34.4 Å². The van der Waals surface area contributed by atoms with Crippen molar-refractivity contribution in [2.24, 2.45) is 7.05 Å². The third-order valence-electron chi connectivity index (χ3n) is 4.50. The number of aromatic nitrogens is 5. The van der Waals surface area contributed by atoms with E-state index in [1.807, 2.05) is 19.0 Å². The van der Waals surface area contributed by atoms with E-state index in [1.165, 1.54) is 13.1 Å². The number of nitrogens with one attached hydrogen (secondary N) is 1. The van der Waals surface area contributed by atoms with E-state index in [9.17, 15) is 18.4 Å². The van der Waals surface area contributed by atoms with Crippen LogP contribution in [-0.4, -0.2) is 69.6 Å². The standard InChI is InChI=1S/C19H23F2N7O3/c1-26(2)8-6-22-7-9-31-18-23-15-16(24-25-18)28(19(30)27(3)17(15)29)11-12-4-5-13(20)14(21)10-12/h4-5,10,22H,6-9,11H2,1-3H3. The third kappa shape index (κ3) is 5.27. The second-order valence-electron chi connectivity index (χ2n) is 7.15. The van der Waals surface area contributed by atoms with E-state index in [4.69, 9.17) is 4.74 Å². The van der Waals surface area contributed by atoms with Crippen molar-refractivity contribution in [3.63, 3.8) is 0 Å². The molecule has 0 saturated carbocycles. The molecule has 10 nitrogen and oxygen atoms in total. The zero-order valence-electron chi connectivity index (χ0n) is 17.4. The molecule has 12 heteroatoms. The molecule has 3 aromatic rings. The molecule has 0 radical (unpaired) electrons. The first-order chi connectivity index (χ1) is 14.8. The van der Waals surface area contributed by atoms with Crippen LogP contribution < -0.4 is 21.3 Å². The van der Waals surface area contributed by atoms with Gasteiger partial charge in [0.25, 0.3) is 5.56 Å². The van der Waals surface area contributed by atoms with Gasteiger partial charge >= 0.3 is 11.7 Å². The highest BCUT2D eigenvalue weighted by molar-refractivity contribution is 5.68. The Balaban J connectivity index is 1.84. The Morgan fingerprint density at radius 3 is 2.61 bits per heavy atom. The van der Waals surface area contributed by atoms with Crippen LogP contribution in [0, 0.1) is 11.6 Å². The summed E-state index contributed by atoms with van der Waals surface area (Å²) < 4.78 is 34.2. The van der Waals surface area contributed by atoms with E-state index < -0.39 is 22.9 Å². The first-order valence-electron chi connectivity index (χ1n) is 9.54. The molecule has 0 saturated heterocycles. The molecule has 0 aliphatic rings. The van der Waals surface area contributed by atoms with Gasteiger partial charge in [-0.2, -0.15) is 4.98 Å². The van der Waals surface area contributed by atoms with Crippen molar-refractivity contribution in [1.82, 2.24) is 34.5 Å². The highest BCUT2D eigenvalue weighted by Gasteiger charge is 2.16. The van der Waals surface area contributed by atoms with E-state index >= 15 is 0 Å². The first kappa shape index (κ1) is 22.4. The summed E-state index contributed by atoms with van der Waals surface area (Å²) in [5, 5.41) is 11.0. The van der Waals surface area contributed by atoms with Crippen molar-refractivity contribution >= 4 is 11.2 Å². The van der Waals surface area contributed by atoms with Crippen molar-refractivity contribution in [2.75, 3.05) is 40.3 Å². The first-order valence-corrected chi connectivity index (χ1v) is 9.54. The molecule has 1 N–H and O–H groups in total. The molecule has 3 rings (SSSR count). The highest BCUT2D eigenvalue weighted by atomic mass is 19.2. The van der Waals surface area contributed by atoms with Gasteiger partial charge in [0.2, 0.25) is 0 Å². The summed E-state index contributed by atoms with van der Waals surface area (Å²) in [4.78, 5) is 31.2. The fourth-order valence-electron chi connectivity index (χ4n) is 2.81. The average molecular weight is 435 g/mol. The van der Waals surface area contributed by atoms with Crippen molar-refractivity contribution < 1.29 is 13.5 Å². The number of halogens is 2. The van der Waals surface area contributed by atoms with Gasteiger partial charge in [-0.05, 0) is 31.8 Å². The fraction of sp³-hybridized carbons (Fsp3) is 0.421. The highest BCUT2D eigenvalue weighted by Crippen LogP contribution is 2.12. The van der Waals surface area contributed by atoms with Gasteiger partial charge in [-0.25, -0.2) is 13.6 Å². The molecular formula is C19H23F2N7O3. The Morgan fingerprint density at radius 1 is 1.13 bits per heavy atom. The van der Waals surface area contributed by atoms with Crippen LogP contribution in [0.15, 0.2) is 27.8 Å². The molecule has 166 valence electrons. The van der Waals surface area contributed by atoms with E-state index in [1.54, 1.807) is 0 Å². The third-order valence-corrected chi connectivity index (χ3v) is 4.50. The molecule has 31 heavy (non-hydrogen) atoms. The van der Waals surface area contributed by atoms with Crippen LogP contribution in [0.25, 0.3) is 11.2 Å². The van der Waals surface area contributed by atoms with E-state index in [-0.39, 0.29) is 30.3 Å². The predicted octanol–water partition coefficient (Wildman–Crippen LogP) is -0.258. The van der Waals surface area contributed by atoms with Crippen molar-refractivity contribution in [2.45, 2.75) is 6.54 Å². The van der Waals surface area contributed by atoms with Gasteiger partial charge in [-0.15, -0.1) is 5.10 Å². The molecule has 2 aromatic heterocycles. The minimum Gasteiger partial charge on any atom is -0.461 e. The normalized spacial score (nSPS) is 11.4. The maximum absolute atomic E-state index is 13.5. The van der Waals surface area contributed by atoms with Gasteiger partial charge in [0.1, 0.15) is 6.61 Å². The Morgan fingerprint density at radius 2 is 1.90 bits per heavy atom. The van der Waals surface area contributed by atoms with Crippen LogP contribution in [-0.2, 0) is 13.6 Å². The largest absolute Gasteiger partial charge is 0.461 e. The van der Waals surface area contributed by atoms with Gasteiger partial charge in [0, 0.05) is 26.7 Å². The van der Waals surface area contributed by atoms with Gasteiger partial charge in [0.05, 0.1) is 6.54 Å². The molecule has 0 bridgehead atoms. The maximum atomic E-state index is 13.5. The second-order valence-corrected chi connectivity index (χ2v) is 7.15. The summed E-state index contributed by atoms with van der Waals surface area (Å²) in [5.74, 6) is -2.04. The fourth-order valence-corrected chi connectivity index (χ4v) is 2.81. The SMILES string of the molecule is CN(C)CCNCCOc1nnc2c(n1)c(=O)n(C)c(=O)n2Cc1ccc(F)c(F)c1. The Hall–Kier alpha value is -3.25. The summed E-state index contributed by atoms with van der Waals surface area (Å²) >= 11 is 0. The van der Waals surface area contributed by atoms with Crippen LogP contribution in [0.4, 0.5) is 8.78 Å². The monoisotopic (exact) mass is 435 g/mol. The van der Waals surface area contributed by atoms with Crippen LogP contribution in [0.5, 0.6) is 6.01 Å². The summed E-state index contributed by atoms with van der Waals surface area (Å²) in [6.07, 6.45) is 0. The molecule has 0 amide bonds. The molecule has 0 spiro atoms. The minimum absolute atomic E-state index is 0.0747. The molecule has 2 heterocycles. The zero-order chi connectivity index (χ0) is 22.5. The van der Waals surface area contributed by atoms with Gasteiger partial charge in [0.15, 0.2) is 22.8 Å². The van der Waals surface area contributed by atoms with E-state index in [2.05, 4.69) is 20.5 Å². The lowest BCUT2D eigenvalue weighted by molar-refractivity contribution is 0.284. The lowest BCUT2D eigenvalue weighted by Gasteiger charge is -2.12. The smallest absolute Gasteiger partial charge is 0.336 e. The number of likely N-dealkylation sites (N-methyl/N-ethyl adjacent to an activating group) is 1. The average Bonchev–Trinajstić information content (AvgIpc) is 2.74. The Bertz CT molecular complexity index is 1190. The topological polar surface area (TPSA) is 107 Å². The Labute approximate surface area is 176 Å². The van der Waals surface area contributed by atoms with Crippen LogP contribution >= 0.6 is 0 Å². The van der Waals surface area contributed by atoms with E-state index in [0.29, 0.717) is 12.1 Å². The van der Waals surface area contributed by atoms with Gasteiger partial charge in [-0.1, -0.05) is 11.2 Å². The number of nitrogens with zero attached hydrogens (tertiary/aromatic N) is 6. The lowest BCUT2D eigenvalue weighted by Crippen LogP contribution is -2.39. The number of benzene rings is 1. The number of ether oxygens (including phenoxy) is 1. The molecule has 0 aliphatic carbocycles. The number of hydrogen-bond acceptors (Lipinski definition) is 8. The Kier molecular flexibility index (Phi) is 7.02. The summed E-state index contributed by atoms with van der Waals surface area (Å²) in [7, 11) is 5.24. The van der Waals surface area contributed by atoms with Crippen molar-refractivity contribution in [3.05, 3.63) is 56.2 Å². The number of rotatable bonds is 9. The van der Waals surface area contributed by atoms with Crippen LogP contribution in [0.1, 0.15) is 5.56 Å². The summed E-state index contributed by atoms with van der Waals surface area (Å²) in [6, 6.07) is 3.17. The summed E-state index contributed by atoms with van der Waals surface area (Å²) in [5.41, 5.74) is -1.22.